The standard InChI is InChI=1S/C12H14N2O3/c1-7(2)10(12(15)16)14-11-8-4-6-17-9(8)3-5-13-11/h3-7,10H,1-2H3,(H,13,14)(H,15,16). The van der Waals surface area contributed by atoms with Gasteiger partial charge in [0.1, 0.15) is 17.4 Å². The largest absolute Gasteiger partial charge is 0.480 e. The molecule has 0 bridgehead atoms. The molecule has 0 saturated heterocycles. The Kier molecular flexibility index (Phi) is 2.99. The molecule has 1 unspecified atom stereocenters. The van der Waals surface area contributed by atoms with Crippen molar-refractivity contribution in [3.05, 3.63) is 24.6 Å². The van der Waals surface area contributed by atoms with Gasteiger partial charge in [-0.25, -0.2) is 9.78 Å². The normalized spacial score (nSPS) is 12.9. The van der Waals surface area contributed by atoms with Crippen molar-refractivity contribution in [3.8, 4) is 0 Å². The van der Waals surface area contributed by atoms with Gasteiger partial charge in [0, 0.05) is 6.20 Å². The molecule has 5 nitrogen and oxygen atoms in total. The summed E-state index contributed by atoms with van der Waals surface area (Å²) in [5.41, 5.74) is 0.690. The molecule has 0 amide bonds. The van der Waals surface area contributed by atoms with Crippen LogP contribution in [0.25, 0.3) is 11.0 Å². The molecule has 5 heteroatoms. The minimum Gasteiger partial charge on any atom is -0.480 e. The first kappa shape index (κ1) is 11.4. The number of carbonyl (C=O) groups is 1. The molecule has 1 atom stereocenters. The van der Waals surface area contributed by atoms with Crippen LogP contribution in [0.3, 0.4) is 0 Å². The van der Waals surface area contributed by atoms with Gasteiger partial charge in [-0.15, -0.1) is 0 Å². The molecule has 2 rings (SSSR count). The van der Waals surface area contributed by atoms with Crippen molar-refractivity contribution in [2.75, 3.05) is 5.32 Å². The second-order valence-corrected chi connectivity index (χ2v) is 4.20. The van der Waals surface area contributed by atoms with E-state index in [0.29, 0.717) is 11.4 Å². The number of anilines is 1. The van der Waals surface area contributed by atoms with Crippen molar-refractivity contribution in [1.29, 1.82) is 0 Å². The summed E-state index contributed by atoms with van der Waals surface area (Å²) in [4.78, 5) is 15.3. The minimum absolute atomic E-state index is 0.0311. The van der Waals surface area contributed by atoms with Crippen LogP contribution in [0.2, 0.25) is 0 Å². The number of nitrogens with zero attached hydrogens (tertiary/aromatic N) is 1. The van der Waals surface area contributed by atoms with E-state index in [-0.39, 0.29) is 5.92 Å². The number of rotatable bonds is 4. The molecule has 2 aromatic heterocycles. The van der Waals surface area contributed by atoms with Crippen LogP contribution in [-0.4, -0.2) is 22.1 Å². The van der Waals surface area contributed by atoms with Gasteiger partial charge >= 0.3 is 5.97 Å². The number of hydrogen-bond donors (Lipinski definition) is 2. The monoisotopic (exact) mass is 234 g/mol. The first-order chi connectivity index (χ1) is 8.09. The number of aliphatic carboxylic acids is 1. The number of carboxylic acids is 1. The molecule has 17 heavy (non-hydrogen) atoms. The van der Waals surface area contributed by atoms with Gasteiger partial charge in [0.25, 0.3) is 0 Å². The summed E-state index contributed by atoms with van der Waals surface area (Å²) in [5, 5.41) is 12.8. The third-order valence-corrected chi connectivity index (χ3v) is 2.60. The Bertz CT molecular complexity index is 533. The molecule has 0 spiro atoms. The van der Waals surface area contributed by atoms with Gasteiger partial charge in [0.2, 0.25) is 0 Å². The quantitative estimate of drug-likeness (QED) is 0.849. The van der Waals surface area contributed by atoms with Crippen LogP contribution < -0.4 is 5.32 Å². The molecule has 0 fully saturated rings. The van der Waals surface area contributed by atoms with Crippen molar-refractivity contribution in [3.63, 3.8) is 0 Å². The van der Waals surface area contributed by atoms with E-state index >= 15 is 0 Å². The van der Waals surface area contributed by atoms with Gasteiger partial charge in [-0.05, 0) is 18.1 Å². The average Bonchev–Trinajstić information content (AvgIpc) is 2.73. The molecule has 2 heterocycles. The molecule has 0 radical (unpaired) electrons. The summed E-state index contributed by atoms with van der Waals surface area (Å²) in [6.07, 6.45) is 3.15. The zero-order valence-corrected chi connectivity index (χ0v) is 9.68. The maximum absolute atomic E-state index is 11.1. The summed E-state index contributed by atoms with van der Waals surface area (Å²) in [6.45, 7) is 3.70. The number of fused-ring (bicyclic) bond motifs is 1. The Hall–Kier alpha value is -2.04. The predicted octanol–water partition coefficient (Wildman–Crippen LogP) is 2.35. The number of carboxylic acid groups (broad SMARTS) is 1. The lowest BCUT2D eigenvalue weighted by Gasteiger charge is -2.18. The van der Waals surface area contributed by atoms with E-state index in [1.807, 2.05) is 13.8 Å². The van der Waals surface area contributed by atoms with Crippen LogP contribution >= 0.6 is 0 Å². The van der Waals surface area contributed by atoms with Crippen molar-refractivity contribution in [2.24, 2.45) is 5.92 Å². The number of pyridine rings is 1. The van der Waals surface area contributed by atoms with Gasteiger partial charge in [-0.2, -0.15) is 0 Å². The molecule has 2 aromatic rings. The number of hydrogen-bond acceptors (Lipinski definition) is 4. The molecule has 0 saturated carbocycles. The Labute approximate surface area is 98.5 Å². The lowest BCUT2D eigenvalue weighted by Crippen LogP contribution is -2.34. The van der Waals surface area contributed by atoms with E-state index in [2.05, 4.69) is 10.3 Å². The maximum atomic E-state index is 11.1. The highest BCUT2D eigenvalue weighted by Gasteiger charge is 2.22. The first-order valence-electron chi connectivity index (χ1n) is 5.41. The van der Waals surface area contributed by atoms with Crippen LogP contribution in [0, 0.1) is 5.92 Å². The lowest BCUT2D eigenvalue weighted by atomic mass is 10.0. The summed E-state index contributed by atoms with van der Waals surface area (Å²) in [6, 6.07) is 2.85. The van der Waals surface area contributed by atoms with Gasteiger partial charge in [0.15, 0.2) is 0 Å². The van der Waals surface area contributed by atoms with Gasteiger partial charge in [-0.1, -0.05) is 13.8 Å². The van der Waals surface area contributed by atoms with E-state index in [0.717, 1.165) is 5.39 Å². The highest BCUT2D eigenvalue weighted by atomic mass is 16.4. The van der Waals surface area contributed by atoms with Crippen LogP contribution in [-0.2, 0) is 4.79 Å². The van der Waals surface area contributed by atoms with Crippen LogP contribution in [0.5, 0.6) is 0 Å². The Morgan fingerprint density at radius 3 is 2.88 bits per heavy atom. The van der Waals surface area contributed by atoms with Crippen molar-refractivity contribution >= 4 is 22.8 Å². The van der Waals surface area contributed by atoms with Gasteiger partial charge in [0.05, 0.1) is 11.6 Å². The average molecular weight is 234 g/mol. The molecule has 0 aliphatic rings. The highest BCUT2D eigenvalue weighted by molar-refractivity contribution is 5.90. The van der Waals surface area contributed by atoms with Crippen LogP contribution in [0.15, 0.2) is 29.0 Å². The third-order valence-electron chi connectivity index (χ3n) is 2.60. The Morgan fingerprint density at radius 2 is 2.24 bits per heavy atom. The lowest BCUT2D eigenvalue weighted by molar-refractivity contribution is -0.138. The van der Waals surface area contributed by atoms with E-state index in [9.17, 15) is 4.79 Å². The third kappa shape index (κ3) is 2.22. The fourth-order valence-corrected chi connectivity index (χ4v) is 1.67. The molecular formula is C12H14N2O3. The van der Waals surface area contributed by atoms with Crippen molar-refractivity contribution in [1.82, 2.24) is 4.98 Å². The molecule has 90 valence electrons. The summed E-state index contributed by atoms with van der Waals surface area (Å²) < 4.78 is 5.23. The highest BCUT2D eigenvalue weighted by Crippen LogP contribution is 2.23. The zero-order chi connectivity index (χ0) is 12.4. The SMILES string of the molecule is CC(C)C(Nc1nccc2occc12)C(=O)O. The van der Waals surface area contributed by atoms with Crippen molar-refractivity contribution in [2.45, 2.75) is 19.9 Å². The predicted molar refractivity (Wildman–Crippen MR) is 63.9 cm³/mol. The molecule has 0 aliphatic carbocycles. The summed E-state index contributed by atoms with van der Waals surface area (Å²) in [7, 11) is 0. The fraction of sp³-hybridized carbons (Fsp3) is 0.333. The van der Waals surface area contributed by atoms with Crippen LogP contribution in [0.1, 0.15) is 13.8 Å². The number of furan rings is 1. The summed E-state index contributed by atoms with van der Waals surface area (Å²) in [5.74, 6) is -0.379. The molecular weight excluding hydrogens is 220 g/mol. The molecule has 2 N–H and O–H groups in total. The fourth-order valence-electron chi connectivity index (χ4n) is 1.67. The smallest absolute Gasteiger partial charge is 0.326 e. The minimum atomic E-state index is -0.887. The Morgan fingerprint density at radius 1 is 1.47 bits per heavy atom. The number of aromatic nitrogens is 1. The van der Waals surface area contributed by atoms with E-state index < -0.39 is 12.0 Å². The van der Waals surface area contributed by atoms with E-state index in [1.165, 1.54) is 0 Å². The summed E-state index contributed by atoms with van der Waals surface area (Å²) >= 11 is 0. The second kappa shape index (κ2) is 4.45. The van der Waals surface area contributed by atoms with Crippen LogP contribution in [0.4, 0.5) is 5.82 Å². The first-order valence-corrected chi connectivity index (χ1v) is 5.41. The zero-order valence-electron chi connectivity index (χ0n) is 9.68. The van der Waals surface area contributed by atoms with Crippen molar-refractivity contribution < 1.29 is 14.3 Å². The topological polar surface area (TPSA) is 75.4 Å². The van der Waals surface area contributed by atoms with Gasteiger partial charge < -0.3 is 14.8 Å². The Balaban J connectivity index is 2.34. The molecule has 0 aliphatic heterocycles. The van der Waals surface area contributed by atoms with Gasteiger partial charge in [-0.3, -0.25) is 0 Å². The molecule has 0 aromatic carbocycles. The van der Waals surface area contributed by atoms with E-state index in [4.69, 9.17) is 9.52 Å². The van der Waals surface area contributed by atoms with E-state index in [1.54, 1.807) is 24.6 Å². The maximum Gasteiger partial charge on any atom is 0.326 e. The second-order valence-electron chi connectivity index (χ2n) is 4.20. The number of nitrogens with one attached hydrogen (secondary N) is 1.